The third-order valence-corrected chi connectivity index (χ3v) is 9.34. The van der Waals surface area contributed by atoms with Crippen LogP contribution in [0.4, 0.5) is 0 Å². The number of aromatic nitrogens is 2. The molecule has 2 aliphatic heterocycles. The number of carbonyl (C=O) groups is 4. The molecule has 2 amide bonds. The zero-order chi connectivity index (χ0) is 35.6. The second-order valence-electron chi connectivity index (χ2n) is 12.3. The summed E-state index contributed by atoms with van der Waals surface area (Å²) in [6.45, 7) is 15.1. The maximum absolute atomic E-state index is 12.5. The van der Waals surface area contributed by atoms with Gasteiger partial charge in [-0.1, -0.05) is 55.6 Å². The summed E-state index contributed by atoms with van der Waals surface area (Å²) in [5.41, 5.74) is 10.7. The van der Waals surface area contributed by atoms with Crippen LogP contribution in [0.5, 0.6) is 0 Å². The molecule has 2 aliphatic rings. The van der Waals surface area contributed by atoms with Crippen LogP contribution in [0.25, 0.3) is 12.2 Å². The van der Waals surface area contributed by atoms with Gasteiger partial charge in [0.25, 0.3) is 11.8 Å². The van der Waals surface area contributed by atoms with Crippen molar-refractivity contribution in [2.75, 3.05) is 0 Å². The SMILES string of the molecule is C=CC1=C(C)C(=O)NC1=Cc1[nH]c(C(c2ccccc2)c2[nH]c(C=C3NC(=O)C(C)=C3C=C)c(C)c2CCC(=O)O)c(CCC(=O)O)c1C. The van der Waals surface area contributed by atoms with E-state index in [4.69, 9.17) is 0 Å². The molecule has 1 aromatic carbocycles. The molecular weight excluding hydrogens is 620 g/mol. The van der Waals surface area contributed by atoms with Crippen molar-refractivity contribution in [2.45, 2.75) is 59.3 Å². The summed E-state index contributed by atoms with van der Waals surface area (Å²) < 4.78 is 0. The van der Waals surface area contributed by atoms with Gasteiger partial charge in [0.1, 0.15) is 0 Å². The van der Waals surface area contributed by atoms with Gasteiger partial charge in [0.2, 0.25) is 0 Å². The van der Waals surface area contributed by atoms with Crippen molar-refractivity contribution in [3.05, 3.63) is 140 Å². The van der Waals surface area contributed by atoms with Gasteiger partial charge in [-0.2, -0.15) is 0 Å². The lowest BCUT2D eigenvalue weighted by Crippen LogP contribution is -2.15. The van der Waals surface area contributed by atoms with Gasteiger partial charge in [-0.3, -0.25) is 19.2 Å². The molecule has 0 atom stereocenters. The highest BCUT2D eigenvalue weighted by molar-refractivity contribution is 6.02. The highest BCUT2D eigenvalue weighted by atomic mass is 16.4. The molecule has 3 aromatic rings. The number of hydrogen-bond donors (Lipinski definition) is 6. The molecule has 2 aromatic heterocycles. The number of H-pyrrole nitrogens is 2. The van der Waals surface area contributed by atoms with E-state index in [0.29, 0.717) is 45.1 Å². The molecule has 0 saturated carbocycles. The van der Waals surface area contributed by atoms with Crippen molar-refractivity contribution >= 4 is 35.9 Å². The Morgan fingerprint density at radius 2 is 1.12 bits per heavy atom. The molecule has 6 N–H and O–H groups in total. The molecule has 0 spiro atoms. The Kier molecular flexibility index (Phi) is 9.89. The predicted molar refractivity (Wildman–Crippen MR) is 188 cm³/mol. The first-order valence-electron chi connectivity index (χ1n) is 16.0. The van der Waals surface area contributed by atoms with Crippen molar-refractivity contribution in [2.24, 2.45) is 0 Å². The summed E-state index contributed by atoms with van der Waals surface area (Å²) in [7, 11) is 0. The number of carboxylic acid groups (broad SMARTS) is 2. The van der Waals surface area contributed by atoms with Crippen LogP contribution in [-0.4, -0.2) is 43.9 Å². The van der Waals surface area contributed by atoms with E-state index >= 15 is 0 Å². The van der Waals surface area contributed by atoms with Crippen molar-refractivity contribution in [1.82, 2.24) is 20.6 Å². The standard InChI is InChI=1S/C39H40N4O6/c1-7-25-22(5)38(48)42-31(25)18-29-20(3)27(14-16-33(44)45)36(40-29)35(24-12-10-9-11-13-24)37-28(15-17-34(46)47)21(4)30(41-37)19-32-26(8-2)23(6)39(49)43-32/h7-13,18-19,35,40-41H,1-2,14-17H2,3-6H3,(H,42,48)(H,43,49)(H,44,45)(H,46,47). The lowest BCUT2D eigenvalue weighted by atomic mass is 9.85. The minimum absolute atomic E-state index is 0.112. The molecule has 10 heteroatoms. The Bertz CT molecular complexity index is 1910. The Labute approximate surface area is 284 Å². The molecule has 252 valence electrons. The lowest BCUT2D eigenvalue weighted by molar-refractivity contribution is -0.138. The number of carbonyl (C=O) groups excluding carboxylic acids is 2. The van der Waals surface area contributed by atoms with Crippen LogP contribution in [0, 0.1) is 13.8 Å². The van der Waals surface area contributed by atoms with Gasteiger partial charge >= 0.3 is 11.9 Å². The molecule has 5 rings (SSSR count). The average Bonchev–Trinajstić information content (AvgIpc) is 3.72. The summed E-state index contributed by atoms with van der Waals surface area (Å²) in [6.07, 6.45) is 7.18. The monoisotopic (exact) mass is 660 g/mol. The molecule has 0 aliphatic carbocycles. The minimum atomic E-state index is -0.940. The van der Waals surface area contributed by atoms with E-state index in [9.17, 15) is 29.4 Å². The van der Waals surface area contributed by atoms with Crippen molar-refractivity contribution in [1.29, 1.82) is 0 Å². The quantitative estimate of drug-likeness (QED) is 0.129. The van der Waals surface area contributed by atoms with E-state index in [1.54, 1.807) is 26.0 Å². The van der Waals surface area contributed by atoms with E-state index in [-0.39, 0.29) is 37.5 Å². The van der Waals surface area contributed by atoms with Gasteiger partial charge in [0.05, 0.1) is 17.3 Å². The molecule has 0 saturated heterocycles. The summed E-state index contributed by atoms with van der Waals surface area (Å²) >= 11 is 0. The maximum atomic E-state index is 12.5. The predicted octanol–water partition coefficient (Wildman–Crippen LogP) is 6.12. The van der Waals surface area contributed by atoms with Crippen molar-refractivity contribution in [3.8, 4) is 0 Å². The molecule has 0 bridgehead atoms. The summed E-state index contributed by atoms with van der Waals surface area (Å²) in [5, 5.41) is 25.2. The largest absolute Gasteiger partial charge is 0.481 e. The van der Waals surface area contributed by atoms with E-state index in [0.717, 1.165) is 39.2 Å². The van der Waals surface area contributed by atoms with Crippen LogP contribution in [0.1, 0.15) is 83.2 Å². The van der Waals surface area contributed by atoms with Gasteiger partial charge in [0.15, 0.2) is 0 Å². The van der Waals surface area contributed by atoms with Crippen LogP contribution >= 0.6 is 0 Å². The van der Waals surface area contributed by atoms with E-state index < -0.39 is 17.9 Å². The Morgan fingerprint density at radius 1 is 0.714 bits per heavy atom. The molecule has 49 heavy (non-hydrogen) atoms. The molecular formula is C39H40N4O6. The number of nitrogens with one attached hydrogen (secondary N) is 4. The Morgan fingerprint density at radius 3 is 1.49 bits per heavy atom. The number of aromatic amines is 2. The van der Waals surface area contributed by atoms with Gasteiger partial charge in [-0.15, -0.1) is 0 Å². The third-order valence-electron chi connectivity index (χ3n) is 9.34. The zero-order valence-electron chi connectivity index (χ0n) is 28.0. The van der Waals surface area contributed by atoms with Gasteiger partial charge < -0.3 is 30.8 Å². The van der Waals surface area contributed by atoms with Crippen molar-refractivity contribution < 1.29 is 29.4 Å². The molecule has 0 fully saturated rings. The topological polar surface area (TPSA) is 164 Å². The third kappa shape index (κ3) is 6.76. The number of benzene rings is 1. The lowest BCUT2D eigenvalue weighted by Gasteiger charge is -2.20. The van der Waals surface area contributed by atoms with Crippen LogP contribution < -0.4 is 10.6 Å². The second kappa shape index (κ2) is 14.1. The molecule has 0 unspecified atom stereocenters. The normalized spacial score (nSPS) is 16.8. The Hall–Kier alpha value is -5.90. The fraction of sp³-hybridized carbons (Fsp3) is 0.231. The van der Waals surface area contributed by atoms with Gasteiger partial charge in [-0.05, 0) is 80.5 Å². The summed E-state index contributed by atoms with van der Waals surface area (Å²) in [4.78, 5) is 55.9. The van der Waals surface area contributed by atoms with Crippen LogP contribution in [-0.2, 0) is 32.0 Å². The fourth-order valence-corrected chi connectivity index (χ4v) is 6.63. The number of aliphatic carboxylic acids is 2. The first kappa shape index (κ1) is 34.4. The van der Waals surface area contributed by atoms with E-state index in [2.05, 4.69) is 33.8 Å². The number of rotatable bonds is 13. The highest BCUT2D eigenvalue weighted by Crippen LogP contribution is 2.40. The average molecular weight is 661 g/mol. The first-order chi connectivity index (χ1) is 23.4. The molecule has 4 heterocycles. The molecule has 10 nitrogen and oxygen atoms in total. The number of hydrogen-bond acceptors (Lipinski definition) is 4. The van der Waals surface area contributed by atoms with Crippen LogP contribution in [0.15, 0.2) is 89.3 Å². The maximum Gasteiger partial charge on any atom is 0.303 e. The van der Waals surface area contributed by atoms with Crippen molar-refractivity contribution in [3.63, 3.8) is 0 Å². The number of carboxylic acids is 2. The number of amides is 2. The van der Waals surface area contributed by atoms with Gasteiger partial charge in [0, 0.05) is 57.9 Å². The van der Waals surface area contributed by atoms with E-state index in [1.165, 1.54) is 0 Å². The zero-order valence-corrected chi connectivity index (χ0v) is 28.0. The Balaban J connectivity index is 1.77. The summed E-state index contributed by atoms with van der Waals surface area (Å²) in [5.74, 6) is -2.80. The second-order valence-corrected chi connectivity index (χ2v) is 12.3. The minimum Gasteiger partial charge on any atom is -0.481 e. The van der Waals surface area contributed by atoms with E-state index in [1.807, 2.05) is 56.3 Å². The smallest absolute Gasteiger partial charge is 0.303 e. The molecule has 0 radical (unpaired) electrons. The highest BCUT2D eigenvalue weighted by Gasteiger charge is 2.31. The van der Waals surface area contributed by atoms with Crippen LogP contribution in [0.3, 0.4) is 0 Å². The number of allylic oxidation sites excluding steroid dienone is 2. The van der Waals surface area contributed by atoms with Crippen LogP contribution in [0.2, 0.25) is 0 Å². The first-order valence-corrected chi connectivity index (χ1v) is 16.0. The fourth-order valence-electron chi connectivity index (χ4n) is 6.63. The summed E-state index contributed by atoms with van der Waals surface area (Å²) in [6, 6.07) is 9.71. The van der Waals surface area contributed by atoms with Gasteiger partial charge in [-0.25, -0.2) is 0 Å².